The van der Waals surface area contributed by atoms with Gasteiger partial charge in [0.25, 0.3) is 5.91 Å². The van der Waals surface area contributed by atoms with E-state index in [1.165, 1.54) is 0 Å². The average Bonchev–Trinajstić information content (AvgIpc) is 4.11. The summed E-state index contributed by atoms with van der Waals surface area (Å²) >= 11 is 0. The Kier molecular flexibility index (Phi) is 11.8. The second kappa shape index (κ2) is 16.2. The van der Waals surface area contributed by atoms with Gasteiger partial charge in [0.1, 0.15) is 40.7 Å². The van der Waals surface area contributed by atoms with E-state index >= 15 is 4.79 Å². The van der Waals surface area contributed by atoms with E-state index in [4.69, 9.17) is 9.47 Å². The minimum Gasteiger partial charge on any atom is -0.477 e. The van der Waals surface area contributed by atoms with Crippen LogP contribution in [0.3, 0.4) is 0 Å². The molecule has 14 nitrogen and oxygen atoms in total. The molecule has 61 heavy (non-hydrogen) atoms. The van der Waals surface area contributed by atoms with Gasteiger partial charge in [-0.3, -0.25) is 24.0 Å². The molecule has 4 amide bonds. The fourth-order valence-electron chi connectivity index (χ4n) is 9.22. The number of halogens is 4. The molecule has 0 bridgehead atoms. The number of hydrogen-bond acceptors (Lipinski definition) is 9. The van der Waals surface area contributed by atoms with E-state index in [9.17, 15) is 45.5 Å². The number of alkyl halides is 4. The molecule has 0 radical (unpaired) electrons. The summed E-state index contributed by atoms with van der Waals surface area (Å²) in [5, 5.41) is 14.7. The van der Waals surface area contributed by atoms with Crippen LogP contribution < -0.4 is 19.5 Å². The first-order chi connectivity index (χ1) is 28.7. The summed E-state index contributed by atoms with van der Waals surface area (Å²) < 4.78 is 97.6. The highest BCUT2D eigenvalue weighted by Crippen LogP contribution is 2.48. The van der Waals surface area contributed by atoms with Crippen LogP contribution in [-0.4, -0.2) is 112 Å². The maximum atomic E-state index is 15.2. The number of nitrogens with one attached hydrogen (secondary N) is 2. The number of carbonyl (C=O) groups excluding carboxylic acids is 3. The maximum Gasteiger partial charge on any atom is 0.411 e. The van der Waals surface area contributed by atoms with Gasteiger partial charge in [0.2, 0.25) is 33.6 Å². The van der Waals surface area contributed by atoms with Crippen molar-refractivity contribution in [2.75, 3.05) is 19.8 Å². The first-order valence-corrected chi connectivity index (χ1v) is 22.4. The molecule has 0 spiro atoms. The molecule has 4 heterocycles. The quantitative estimate of drug-likeness (QED) is 0.205. The van der Waals surface area contributed by atoms with Gasteiger partial charge in [-0.25, -0.2) is 17.6 Å². The van der Waals surface area contributed by atoms with Gasteiger partial charge in [0.15, 0.2) is 0 Å². The van der Waals surface area contributed by atoms with Gasteiger partial charge in [-0.2, -0.15) is 18.2 Å². The van der Waals surface area contributed by atoms with Crippen LogP contribution >= 0.6 is 0 Å². The molecule has 0 unspecified atom stereocenters. The van der Waals surface area contributed by atoms with Crippen LogP contribution in [0.5, 0.6) is 11.8 Å². The number of hydrogen-bond donors (Lipinski definition) is 3. The van der Waals surface area contributed by atoms with Crippen molar-refractivity contribution in [3.8, 4) is 11.8 Å². The number of pyridine rings is 1. The molecular formula is C42H53F4N5O9S. The Labute approximate surface area is 351 Å². The lowest BCUT2D eigenvalue weighted by molar-refractivity contribution is -0.222. The first kappa shape index (κ1) is 44.4. The predicted octanol–water partition coefficient (Wildman–Crippen LogP) is 5.82. The van der Waals surface area contributed by atoms with Crippen LogP contribution in [0.25, 0.3) is 10.8 Å². The number of sulfonamides is 1. The van der Waals surface area contributed by atoms with Crippen molar-refractivity contribution in [1.29, 1.82) is 0 Å². The van der Waals surface area contributed by atoms with Crippen molar-refractivity contribution < 1.29 is 59.7 Å². The lowest BCUT2D eigenvalue weighted by Gasteiger charge is -2.46. The smallest absolute Gasteiger partial charge is 0.411 e. The molecule has 3 fully saturated rings. The second-order valence-electron chi connectivity index (χ2n) is 17.9. The molecule has 7 atom stereocenters. The fraction of sp³-hybridized carbons (Fsp3) is 0.643. The van der Waals surface area contributed by atoms with Crippen LogP contribution in [0.1, 0.15) is 91.0 Å². The van der Waals surface area contributed by atoms with Crippen molar-refractivity contribution in [3.05, 3.63) is 42.0 Å². The van der Waals surface area contributed by atoms with E-state index in [0.717, 1.165) is 22.3 Å². The number of aromatic nitrogens is 1. The van der Waals surface area contributed by atoms with Gasteiger partial charge in [-0.1, -0.05) is 50.6 Å². The minimum absolute atomic E-state index is 0.00639. The summed E-state index contributed by atoms with van der Waals surface area (Å²) in [5.41, 5.74) is -4.02. The summed E-state index contributed by atoms with van der Waals surface area (Å²) in [6, 6.07) is 3.85. The van der Waals surface area contributed by atoms with E-state index in [-0.39, 0.29) is 61.8 Å². The van der Waals surface area contributed by atoms with Crippen molar-refractivity contribution in [2.45, 2.75) is 132 Å². The molecule has 1 saturated heterocycles. The van der Waals surface area contributed by atoms with E-state index in [1.54, 1.807) is 31.2 Å². The van der Waals surface area contributed by atoms with E-state index in [2.05, 4.69) is 10.3 Å². The van der Waals surface area contributed by atoms with Crippen molar-refractivity contribution in [2.24, 2.45) is 17.8 Å². The average molecular weight is 880 g/mol. The van der Waals surface area contributed by atoms with Gasteiger partial charge in [0.05, 0.1) is 13.2 Å². The number of fused-ring (bicyclic) bond motifs is 5. The summed E-state index contributed by atoms with van der Waals surface area (Å²) in [7, 11) is -4.51. The SMILES string of the molecule is CC[C@@H]1C[C@@H](C)CC/C=C\[C@@H]2C[C@@]2(C(=O)NS(=O)(=O)C2(CF)CC2)NC(=O)[C@@H]2C[C@@H](Oc3nc4c(c5ccccc35)CCCO4)CN2C(=O)[C@H]1N(C(=O)O)C(C)(C)C(F)(F)F. The van der Waals surface area contributed by atoms with Gasteiger partial charge in [-0.15, -0.1) is 0 Å². The molecule has 5 aliphatic rings. The number of carboxylic acid groups (broad SMARTS) is 1. The topological polar surface area (TPSA) is 185 Å². The predicted molar refractivity (Wildman–Crippen MR) is 214 cm³/mol. The molecule has 2 aliphatic carbocycles. The molecule has 334 valence electrons. The van der Waals surface area contributed by atoms with Gasteiger partial charge in [0, 0.05) is 23.3 Å². The van der Waals surface area contributed by atoms with Crippen LogP contribution in [0, 0.1) is 17.8 Å². The second-order valence-corrected chi connectivity index (χ2v) is 19.9. The van der Waals surface area contributed by atoms with Crippen LogP contribution in [0.2, 0.25) is 0 Å². The Morgan fingerprint density at radius 1 is 1.15 bits per heavy atom. The Bertz CT molecular complexity index is 2220. The zero-order chi connectivity index (χ0) is 44.3. The molecule has 3 N–H and O–H groups in total. The molecule has 3 aliphatic heterocycles. The molecule has 7 rings (SSSR count). The van der Waals surface area contributed by atoms with Gasteiger partial charge < -0.3 is 24.8 Å². The zero-order valence-corrected chi connectivity index (χ0v) is 35.4. The van der Waals surface area contributed by atoms with Crippen LogP contribution in [0.15, 0.2) is 36.4 Å². The number of benzene rings is 1. The largest absolute Gasteiger partial charge is 0.477 e. The van der Waals surface area contributed by atoms with E-state index in [1.807, 2.05) is 23.8 Å². The van der Waals surface area contributed by atoms with Gasteiger partial charge in [-0.05, 0) is 88.5 Å². The molecular weight excluding hydrogens is 827 g/mol. The standard InChI is InChI=1S/C42H53F4N5O9S/c1-5-25-19-24(2)11-6-7-12-26-21-41(26,37(54)49-61(57,58)40(23-43)16-17-40)48-33(52)31-20-27(22-50(31)36(53)32(25)51(38(55)56)39(3,4)42(44,45)46)60-35-30-14-9-8-13-28(30)29-15-10-18-59-34(29)47-35/h7-9,12-14,24-27,31-32H,5-6,10-11,15-23H2,1-4H3,(H,48,52)(H,49,54)(H,55,56)/b12-7-/t24-,25+,26+,27+,31-,32-,41+/m0/s1. The van der Waals surface area contributed by atoms with Crippen LogP contribution in [-0.2, 0) is 30.8 Å². The molecule has 1 aromatic carbocycles. The number of amides is 4. The highest BCUT2D eigenvalue weighted by atomic mass is 32.2. The third-order valence-electron chi connectivity index (χ3n) is 13.4. The number of aryl methyl sites for hydroxylation is 1. The lowest BCUT2D eigenvalue weighted by Crippen LogP contribution is -2.66. The zero-order valence-electron chi connectivity index (χ0n) is 34.6. The summed E-state index contributed by atoms with van der Waals surface area (Å²) in [6.45, 7) is 3.72. The number of rotatable bonds is 9. The monoisotopic (exact) mass is 879 g/mol. The third kappa shape index (κ3) is 8.10. The number of allylic oxidation sites excluding steroid dienone is 1. The molecule has 2 saturated carbocycles. The molecule has 1 aromatic heterocycles. The van der Waals surface area contributed by atoms with E-state index < -0.39 is 92.5 Å². The van der Waals surface area contributed by atoms with E-state index in [0.29, 0.717) is 51.0 Å². The fourth-order valence-corrected chi connectivity index (χ4v) is 10.6. The Hall–Kier alpha value is -4.68. The van der Waals surface area contributed by atoms with Crippen molar-refractivity contribution >= 4 is 44.6 Å². The van der Waals surface area contributed by atoms with Crippen molar-refractivity contribution in [3.63, 3.8) is 0 Å². The molecule has 2 aromatic rings. The summed E-state index contributed by atoms with van der Waals surface area (Å²) in [4.78, 5) is 62.9. The van der Waals surface area contributed by atoms with Gasteiger partial charge >= 0.3 is 12.3 Å². The molecule has 19 heteroatoms. The lowest BCUT2D eigenvalue weighted by atomic mass is 9.82. The highest BCUT2D eigenvalue weighted by molar-refractivity contribution is 7.91. The third-order valence-corrected chi connectivity index (χ3v) is 15.5. The number of carbonyl (C=O) groups is 4. The maximum absolute atomic E-state index is 15.2. The Morgan fingerprint density at radius 2 is 1.85 bits per heavy atom. The minimum atomic E-state index is -5.12. The van der Waals surface area contributed by atoms with Crippen molar-refractivity contribution in [1.82, 2.24) is 24.8 Å². The Balaban J connectivity index is 1.31. The summed E-state index contributed by atoms with van der Waals surface area (Å²) in [5.74, 6) is -4.45. The summed E-state index contributed by atoms with van der Waals surface area (Å²) in [6.07, 6.45) is -2.30. The highest BCUT2D eigenvalue weighted by Gasteiger charge is 2.64. The number of nitrogens with zero attached hydrogens (tertiary/aromatic N) is 3. The Morgan fingerprint density at radius 3 is 2.49 bits per heavy atom. The number of ether oxygens (including phenoxy) is 2. The van der Waals surface area contributed by atoms with Crippen LogP contribution in [0.4, 0.5) is 22.4 Å². The normalized spacial score (nSPS) is 29.7. The first-order valence-electron chi connectivity index (χ1n) is 20.9.